The van der Waals surface area contributed by atoms with Crippen LogP contribution < -0.4 is 0 Å². The lowest BCUT2D eigenvalue weighted by molar-refractivity contribution is 0.210. The van der Waals surface area contributed by atoms with Crippen molar-refractivity contribution in [1.82, 2.24) is 4.90 Å². The molecule has 96 valence electrons. The first-order valence-corrected chi connectivity index (χ1v) is 7.45. The van der Waals surface area contributed by atoms with Gasteiger partial charge in [-0.05, 0) is 50.1 Å². The molecule has 0 aromatic carbocycles. The third-order valence-electron chi connectivity index (χ3n) is 4.55. The van der Waals surface area contributed by atoms with Gasteiger partial charge in [0, 0.05) is 6.04 Å². The van der Waals surface area contributed by atoms with E-state index in [0.717, 1.165) is 23.8 Å². The van der Waals surface area contributed by atoms with Crippen LogP contribution in [-0.2, 0) is 0 Å². The van der Waals surface area contributed by atoms with Crippen molar-refractivity contribution in [3.8, 4) is 0 Å². The van der Waals surface area contributed by atoms with E-state index in [9.17, 15) is 0 Å². The van der Waals surface area contributed by atoms with E-state index in [1.807, 2.05) is 13.8 Å². The van der Waals surface area contributed by atoms with E-state index in [4.69, 9.17) is 0 Å². The van der Waals surface area contributed by atoms with Crippen molar-refractivity contribution >= 4 is 0 Å². The van der Waals surface area contributed by atoms with Crippen molar-refractivity contribution in [1.29, 1.82) is 0 Å². The first kappa shape index (κ1) is 12.9. The van der Waals surface area contributed by atoms with E-state index < -0.39 is 0 Å². The van der Waals surface area contributed by atoms with Crippen molar-refractivity contribution in [2.45, 2.75) is 46.1 Å². The molecule has 3 aliphatic rings. The Morgan fingerprint density at radius 3 is 2.18 bits per heavy atom. The molecule has 0 bridgehead atoms. The lowest BCUT2D eigenvalue weighted by atomic mass is 9.86. The third-order valence-corrected chi connectivity index (χ3v) is 4.55. The van der Waals surface area contributed by atoms with Gasteiger partial charge in [0.15, 0.2) is 0 Å². The zero-order valence-corrected chi connectivity index (χ0v) is 11.6. The fourth-order valence-electron chi connectivity index (χ4n) is 3.76. The number of nitrogens with zero attached hydrogens (tertiary/aromatic N) is 1. The molecular formula is C16H27N. The Hall–Kier alpha value is -0.560. The lowest BCUT2D eigenvalue weighted by Crippen LogP contribution is -2.36. The predicted octanol–water partition coefficient (Wildman–Crippen LogP) is 3.88. The molecule has 3 rings (SSSR count). The van der Waals surface area contributed by atoms with Crippen molar-refractivity contribution in [2.24, 2.45) is 17.8 Å². The van der Waals surface area contributed by atoms with Crippen LogP contribution in [-0.4, -0.2) is 24.0 Å². The molecule has 0 aromatic rings. The van der Waals surface area contributed by atoms with Crippen molar-refractivity contribution in [2.75, 3.05) is 13.1 Å². The summed E-state index contributed by atoms with van der Waals surface area (Å²) >= 11 is 0. The van der Waals surface area contributed by atoms with Crippen LogP contribution in [0.5, 0.6) is 0 Å². The topological polar surface area (TPSA) is 3.24 Å². The van der Waals surface area contributed by atoms with Crippen LogP contribution in [0.25, 0.3) is 0 Å². The highest BCUT2D eigenvalue weighted by molar-refractivity contribution is 5.20. The molecule has 1 heteroatoms. The average Bonchev–Trinajstić information content (AvgIpc) is 3.01. The second-order valence-electron chi connectivity index (χ2n) is 5.45. The van der Waals surface area contributed by atoms with Gasteiger partial charge >= 0.3 is 0 Å². The van der Waals surface area contributed by atoms with Crippen LogP contribution in [0.1, 0.15) is 40.0 Å². The van der Waals surface area contributed by atoms with Crippen molar-refractivity contribution < 1.29 is 0 Å². The second-order valence-corrected chi connectivity index (χ2v) is 5.45. The summed E-state index contributed by atoms with van der Waals surface area (Å²) in [6.45, 7) is 9.12. The molecule has 2 aliphatic carbocycles. The zero-order valence-electron chi connectivity index (χ0n) is 11.6. The van der Waals surface area contributed by atoms with Gasteiger partial charge in [-0.2, -0.15) is 0 Å². The largest absolute Gasteiger partial charge is 0.300 e. The van der Waals surface area contributed by atoms with E-state index >= 15 is 0 Å². The molecule has 2 fully saturated rings. The Labute approximate surface area is 107 Å². The van der Waals surface area contributed by atoms with E-state index in [1.54, 1.807) is 0 Å². The van der Waals surface area contributed by atoms with Crippen LogP contribution in [0, 0.1) is 17.8 Å². The summed E-state index contributed by atoms with van der Waals surface area (Å²) in [7, 11) is 0. The summed E-state index contributed by atoms with van der Waals surface area (Å²) in [6, 6.07) is 0.841. The summed E-state index contributed by atoms with van der Waals surface area (Å²) in [5, 5.41) is 0. The van der Waals surface area contributed by atoms with Gasteiger partial charge in [0.05, 0.1) is 0 Å². The maximum atomic E-state index is 2.74. The molecule has 1 saturated heterocycles. The average molecular weight is 233 g/mol. The van der Waals surface area contributed by atoms with E-state index in [2.05, 4.69) is 36.1 Å². The Morgan fingerprint density at radius 2 is 1.53 bits per heavy atom. The maximum Gasteiger partial charge on any atom is 0.0167 e. The van der Waals surface area contributed by atoms with Gasteiger partial charge in [-0.25, -0.2) is 0 Å². The third kappa shape index (κ3) is 2.49. The van der Waals surface area contributed by atoms with E-state index in [-0.39, 0.29) is 0 Å². The first-order valence-electron chi connectivity index (χ1n) is 7.45. The van der Waals surface area contributed by atoms with Gasteiger partial charge < -0.3 is 0 Å². The highest BCUT2D eigenvalue weighted by atomic mass is 15.2. The number of allylic oxidation sites excluding steroid dienone is 3. The molecule has 1 saturated carbocycles. The van der Waals surface area contributed by atoms with E-state index in [0.29, 0.717) is 0 Å². The van der Waals surface area contributed by atoms with Crippen LogP contribution in [0.15, 0.2) is 24.3 Å². The number of hydrogen-bond donors (Lipinski definition) is 0. The van der Waals surface area contributed by atoms with Gasteiger partial charge in [-0.15, -0.1) is 0 Å². The zero-order chi connectivity index (χ0) is 12.3. The minimum atomic E-state index is 0.808. The molecule has 1 nitrogen and oxygen atoms in total. The van der Waals surface area contributed by atoms with Crippen LogP contribution in [0.4, 0.5) is 0 Å². The Bertz CT molecular complexity index is 286. The maximum absolute atomic E-state index is 2.74. The number of likely N-dealkylation sites (tertiary alicyclic amines) is 1. The molecule has 1 aliphatic heterocycles. The van der Waals surface area contributed by atoms with Crippen LogP contribution >= 0.6 is 0 Å². The van der Waals surface area contributed by atoms with E-state index in [1.165, 1.54) is 32.4 Å². The van der Waals surface area contributed by atoms with Gasteiger partial charge in [-0.3, -0.25) is 4.90 Å². The molecule has 4 atom stereocenters. The van der Waals surface area contributed by atoms with Gasteiger partial charge in [0.2, 0.25) is 0 Å². The molecule has 4 unspecified atom stereocenters. The summed E-state index contributed by atoms with van der Waals surface area (Å²) < 4.78 is 0. The first-order chi connectivity index (χ1) is 8.36. The quantitative estimate of drug-likeness (QED) is 0.664. The number of fused-ring (bicyclic) bond motifs is 1. The molecule has 0 aromatic heterocycles. The minimum absolute atomic E-state index is 0.808. The molecule has 17 heavy (non-hydrogen) atoms. The minimum Gasteiger partial charge on any atom is -0.300 e. The number of hydrogen-bond acceptors (Lipinski definition) is 1. The molecule has 0 N–H and O–H groups in total. The highest BCUT2D eigenvalue weighted by Crippen LogP contribution is 2.43. The summed E-state index contributed by atoms with van der Waals surface area (Å²) in [4.78, 5) is 2.74. The van der Waals surface area contributed by atoms with Crippen LogP contribution in [0.3, 0.4) is 0 Å². The smallest absolute Gasteiger partial charge is 0.0167 e. The summed E-state index contributed by atoms with van der Waals surface area (Å²) in [6.07, 6.45) is 13.6. The molecular weight excluding hydrogens is 206 g/mol. The lowest BCUT2D eigenvalue weighted by Gasteiger charge is -2.29. The van der Waals surface area contributed by atoms with Crippen molar-refractivity contribution in [3.63, 3.8) is 0 Å². The van der Waals surface area contributed by atoms with Crippen LogP contribution in [0.2, 0.25) is 0 Å². The molecule has 1 heterocycles. The van der Waals surface area contributed by atoms with Gasteiger partial charge in [-0.1, -0.05) is 45.1 Å². The Kier molecular flexibility index (Phi) is 4.44. The van der Waals surface area contributed by atoms with Gasteiger partial charge in [0.1, 0.15) is 0 Å². The standard InChI is InChI=1S/C14H21N.C2H6/c1-11-10-14(15-8-4-5-9-15)13-7-3-2-6-12(11)13;1-2/h2-3,6-7,11-14H,4-5,8-10H2,1H3;1-2H3. The fraction of sp³-hybridized carbons (Fsp3) is 0.750. The second kappa shape index (κ2) is 5.86. The van der Waals surface area contributed by atoms with Crippen molar-refractivity contribution in [3.05, 3.63) is 24.3 Å². The predicted molar refractivity (Wildman–Crippen MR) is 75.0 cm³/mol. The monoisotopic (exact) mass is 233 g/mol. The Morgan fingerprint density at radius 1 is 0.941 bits per heavy atom. The highest BCUT2D eigenvalue weighted by Gasteiger charge is 2.42. The van der Waals surface area contributed by atoms with Gasteiger partial charge in [0.25, 0.3) is 0 Å². The summed E-state index contributed by atoms with van der Waals surface area (Å²) in [5.41, 5.74) is 0. The Balaban J connectivity index is 0.000000514. The fourth-order valence-corrected chi connectivity index (χ4v) is 3.76. The molecule has 0 radical (unpaired) electrons. The summed E-state index contributed by atoms with van der Waals surface area (Å²) in [5.74, 6) is 2.51. The molecule has 0 spiro atoms. The number of rotatable bonds is 1. The molecule has 0 amide bonds. The SMILES string of the molecule is CC.CC1CC(N2CCCC2)C2C=CC=CC12. The normalized spacial score (nSPS) is 39.9.